The van der Waals surface area contributed by atoms with E-state index in [2.05, 4.69) is 42.1 Å². The maximum Gasteiger partial charge on any atom is 0.270 e. The predicted molar refractivity (Wildman–Crippen MR) is 144 cm³/mol. The lowest BCUT2D eigenvalue weighted by molar-refractivity contribution is 0.100. The van der Waals surface area contributed by atoms with Gasteiger partial charge in [-0.05, 0) is 18.1 Å². The fourth-order valence-electron chi connectivity index (χ4n) is 3.95. The van der Waals surface area contributed by atoms with Crippen molar-refractivity contribution < 1.29 is 4.79 Å². The molecule has 0 aliphatic heterocycles. The number of anilines is 1. The van der Waals surface area contributed by atoms with Gasteiger partial charge in [0.2, 0.25) is 0 Å². The second kappa shape index (κ2) is 10.3. The van der Waals surface area contributed by atoms with Gasteiger partial charge in [0.15, 0.2) is 11.3 Å². The maximum absolute atomic E-state index is 13.2. The molecule has 1 amide bonds. The summed E-state index contributed by atoms with van der Waals surface area (Å²) in [4.78, 5) is 36.5. The van der Waals surface area contributed by atoms with Crippen LogP contribution in [0.4, 0.5) is 5.82 Å². The highest BCUT2D eigenvalue weighted by atomic mass is 16.1. The third-order valence-electron chi connectivity index (χ3n) is 5.74. The third kappa shape index (κ3) is 4.81. The third-order valence-corrected chi connectivity index (χ3v) is 5.74. The van der Waals surface area contributed by atoms with Crippen LogP contribution < -0.4 is 17.0 Å². The van der Waals surface area contributed by atoms with Crippen molar-refractivity contribution in [3.05, 3.63) is 94.4 Å². The Morgan fingerprint density at radius 1 is 1.15 bits per heavy atom. The lowest BCUT2D eigenvalue weighted by atomic mass is 10.2. The molecule has 1 aromatic carbocycles. The smallest absolute Gasteiger partial charge is 0.270 e. The van der Waals surface area contributed by atoms with Crippen LogP contribution in [0.3, 0.4) is 0 Å². The van der Waals surface area contributed by atoms with Gasteiger partial charge in [-0.2, -0.15) is 10.2 Å². The number of hydrogen-bond donors (Lipinski definition) is 3. The number of benzene rings is 1. The molecule has 0 spiro atoms. The van der Waals surface area contributed by atoms with Gasteiger partial charge < -0.3 is 11.5 Å². The van der Waals surface area contributed by atoms with E-state index in [1.165, 1.54) is 6.33 Å². The molecule has 0 aliphatic carbocycles. The average molecular weight is 522 g/mol. The van der Waals surface area contributed by atoms with Gasteiger partial charge in [0, 0.05) is 32.1 Å². The van der Waals surface area contributed by atoms with Crippen molar-refractivity contribution in [3.8, 4) is 17.5 Å². The number of hydrogen-bond acceptors (Lipinski definition) is 8. The highest BCUT2D eigenvalue weighted by molar-refractivity contribution is 6.02. The van der Waals surface area contributed by atoms with Crippen LogP contribution in [0.1, 0.15) is 34.4 Å². The number of primary amides is 1. The van der Waals surface area contributed by atoms with Gasteiger partial charge in [0.05, 0.1) is 17.4 Å². The summed E-state index contributed by atoms with van der Waals surface area (Å²) in [6.07, 6.45) is 8.77. The Labute approximate surface area is 221 Å². The number of aryl methyl sites for hydroxylation is 2. The molecule has 13 heteroatoms. The number of aromatic amines is 1. The van der Waals surface area contributed by atoms with Gasteiger partial charge in [0.1, 0.15) is 34.6 Å². The van der Waals surface area contributed by atoms with Crippen LogP contribution in [0.25, 0.3) is 22.4 Å². The average Bonchev–Trinajstić information content (AvgIpc) is 3.67. The molecule has 0 radical (unpaired) electrons. The summed E-state index contributed by atoms with van der Waals surface area (Å²) in [6.45, 7) is 1.96. The van der Waals surface area contributed by atoms with Crippen LogP contribution >= 0.6 is 0 Å². The summed E-state index contributed by atoms with van der Waals surface area (Å²) in [5.41, 5.74) is 13.4. The number of carbonyl (C=O) groups is 1. The zero-order valence-electron chi connectivity index (χ0n) is 21.0. The van der Waals surface area contributed by atoms with Crippen LogP contribution in [0.2, 0.25) is 0 Å². The fourth-order valence-corrected chi connectivity index (χ4v) is 3.95. The van der Waals surface area contributed by atoms with Crippen LogP contribution in [-0.4, -0.2) is 49.8 Å². The molecule has 0 saturated heterocycles. The first kappa shape index (κ1) is 24.9. The van der Waals surface area contributed by atoms with E-state index in [0.717, 1.165) is 11.3 Å². The molecule has 0 aliphatic rings. The first-order valence-corrected chi connectivity index (χ1v) is 11.8. The molecule has 194 valence electrons. The first-order valence-electron chi connectivity index (χ1n) is 11.8. The Kier molecular flexibility index (Phi) is 6.58. The molecule has 0 atom stereocenters. The molecule has 0 saturated carbocycles. The summed E-state index contributed by atoms with van der Waals surface area (Å²) in [7, 11) is 1.82. The van der Waals surface area contributed by atoms with E-state index >= 15 is 0 Å². The molecule has 13 nitrogen and oxygen atoms in total. The van der Waals surface area contributed by atoms with E-state index in [9.17, 15) is 9.59 Å². The fraction of sp³-hybridized carbons (Fsp3) is 0.115. The lowest BCUT2D eigenvalue weighted by Gasteiger charge is -2.10. The Hall–Kier alpha value is -5.77. The topological polar surface area (TPSA) is 181 Å². The first-order chi connectivity index (χ1) is 18.9. The van der Waals surface area contributed by atoms with Crippen molar-refractivity contribution in [2.24, 2.45) is 12.8 Å². The molecular formula is C26H23N11O2. The molecule has 6 rings (SSSR count). The van der Waals surface area contributed by atoms with Crippen LogP contribution in [0, 0.1) is 11.8 Å². The summed E-state index contributed by atoms with van der Waals surface area (Å²) >= 11 is 0. The normalized spacial score (nSPS) is 10.6. The van der Waals surface area contributed by atoms with E-state index in [4.69, 9.17) is 11.5 Å². The van der Waals surface area contributed by atoms with Crippen LogP contribution in [0.15, 0.2) is 66.2 Å². The number of imidazole rings is 1. The molecule has 0 bridgehead atoms. The number of nitrogen functional groups attached to an aromatic ring is 1. The number of fused-ring (bicyclic) bond motifs is 2. The largest absolute Gasteiger partial charge is 0.383 e. The van der Waals surface area contributed by atoms with Gasteiger partial charge in [-0.1, -0.05) is 31.0 Å². The second-order valence-corrected chi connectivity index (χ2v) is 8.33. The van der Waals surface area contributed by atoms with E-state index < -0.39 is 5.91 Å². The summed E-state index contributed by atoms with van der Waals surface area (Å²) < 4.78 is 4.87. The van der Waals surface area contributed by atoms with Crippen molar-refractivity contribution in [1.29, 1.82) is 0 Å². The number of amides is 1. The molecule has 0 unspecified atom stereocenters. The minimum Gasteiger partial charge on any atom is -0.383 e. The lowest BCUT2D eigenvalue weighted by Crippen LogP contribution is -2.23. The highest BCUT2D eigenvalue weighted by Gasteiger charge is 2.16. The molecule has 5 N–H and O–H groups in total. The van der Waals surface area contributed by atoms with E-state index in [-0.39, 0.29) is 16.9 Å². The number of carbonyl (C=O) groups excluding carboxylic acids is 1. The number of aromatic nitrogens is 9. The van der Waals surface area contributed by atoms with Gasteiger partial charge in [0.25, 0.3) is 11.5 Å². The predicted octanol–water partition coefficient (Wildman–Crippen LogP) is 1.21. The van der Waals surface area contributed by atoms with Gasteiger partial charge in [-0.25, -0.2) is 15.0 Å². The van der Waals surface area contributed by atoms with Crippen molar-refractivity contribution in [3.63, 3.8) is 0 Å². The van der Waals surface area contributed by atoms with Gasteiger partial charge in [-0.15, -0.1) is 0 Å². The monoisotopic (exact) mass is 521 g/mol. The Balaban J connectivity index is 0.000000198. The zero-order valence-corrected chi connectivity index (χ0v) is 21.0. The summed E-state index contributed by atoms with van der Waals surface area (Å²) in [5.74, 6) is 6.11. The van der Waals surface area contributed by atoms with Crippen LogP contribution in [-0.2, 0) is 13.5 Å². The molecular weight excluding hydrogens is 498 g/mol. The Morgan fingerprint density at radius 2 is 1.95 bits per heavy atom. The number of nitrogens with one attached hydrogen (secondary N) is 1. The Bertz CT molecular complexity index is 1940. The van der Waals surface area contributed by atoms with Crippen LogP contribution in [0.5, 0.6) is 0 Å². The standard InChI is InChI=1S/C19H16N6O.C7H7N5O/c1-3-16-21-18-17(19(26)25(16)14-7-5-4-6-8-14)15(22-23-18)10-9-13-11-20-24(2)12-13;8-5-4(6(9)13)7-10-1-2-12(7)3-11-5/h4-8,11-12H,3H2,1-2H3,(H,22,23);1-3H,8H2,(H2,9,13). The number of nitrogens with zero attached hydrogens (tertiary/aromatic N) is 8. The summed E-state index contributed by atoms with van der Waals surface area (Å²) in [5, 5.41) is 11.5. The van der Waals surface area contributed by atoms with Gasteiger partial charge in [-0.3, -0.25) is 28.3 Å². The number of H-pyrrole nitrogens is 1. The maximum atomic E-state index is 13.2. The van der Waals surface area contributed by atoms with Crippen molar-refractivity contribution in [2.75, 3.05) is 5.73 Å². The zero-order chi connectivity index (χ0) is 27.5. The molecule has 5 aromatic heterocycles. The van der Waals surface area contributed by atoms with E-state index in [0.29, 0.717) is 34.6 Å². The summed E-state index contributed by atoms with van der Waals surface area (Å²) in [6, 6.07) is 9.47. The number of para-hydroxylation sites is 1. The Morgan fingerprint density at radius 3 is 2.64 bits per heavy atom. The van der Waals surface area contributed by atoms with Crippen molar-refractivity contribution >= 4 is 28.4 Å². The van der Waals surface area contributed by atoms with Crippen molar-refractivity contribution in [2.45, 2.75) is 13.3 Å². The highest BCUT2D eigenvalue weighted by Crippen LogP contribution is 2.15. The van der Waals surface area contributed by atoms with Gasteiger partial charge >= 0.3 is 0 Å². The van der Waals surface area contributed by atoms with E-state index in [1.807, 2.05) is 44.3 Å². The minimum absolute atomic E-state index is 0.103. The molecule has 0 fully saturated rings. The quantitative estimate of drug-likeness (QED) is 0.291. The SMILES string of the molecule is CCc1nc2n[nH]c(C#Cc3cnn(C)c3)c2c(=O)n1-c1ccccc1.NC(=O)c1c(N)ncn2ccnc12. The number of rotatable bonds is 3. The second-order valence-electron chi connectivity index (χ2n) is 8.33. The molecule has 39 heavy (non-hydrogen) atoms. The molecule has 6 aromatic rings. The van der Waals surface area contributed by atoms with Crippen molar-refractivity contribution in [1.82, 2.24) is 43.9 Å². The minimum atomic E-state index is -0.623. The molecule has 5 heterocycles. The van der Waals surface area contributed by atoms with E-state index in [1.54, 1.807) is 38.4 Å². The number of nitrogens with two attached hydrogens (primary N) is 2.